The Balaban J connectivity index is 1.59. The van der Waals surface area contributed by atoms with Crippen LogP contribution in [0, 0.1) is 5.82 Å². The van der Waals surface area contributed by atoms with E-state index in [1.165, 1.54) is 18.2 Å². The van der Waals surface area contributed by atoms with Crippen LogP contribution in [0.3, 0.4) is 0 Å². The minimum absolute atomic E-state index is 0.0103. The second-order valence-electron chi connectivity index (χ2n) is 5.90. The Morgan fingerprint density at radius 1 is 1.12 bits per heavy atom. The number of amides is 1. The molecule has 0 spiro atoms. The van der Waals surface area contributed by atoms with Crippen LogP contribution in [0.5, 0.6) is 0 Å². The van der Waals surface area contributed by atoms with Crippen molar-refractivity contribution in [2.24, 2.45) is 0 Å². The number of nitrogens with one attached hydrogen (secondary N) is 1. The number of carbonyl (C=O) groups is 1. The van der Waals surface area contributed by atoms with E-state index in [1.54, 1.807) is 6.07 Å². The average molecular weight is 363 g/mol. The van der Waals surface area contributed by atoms with Crippen molar-refractivity contribution in [3.63, 3.8) is 0 Å². The zero-order valence-electron chi connectivity index (χ0n) is 13.4. The van der Waals surface area contributed by atoms with Crippen molar-refractivity contribution in [2.75, 3.05) is 5.75 Å². The quantitative estimate of drug-likeness (QED) is 0.881. The fourth-order valence-corrected chi connectivity index (χ4v) is 3.76. The summed E-state index contributed by atoms with van der Waals surface area (Å²) < 4.78 is 45.3. The predicted octanol–water partition coefficient (Wildman–Crippen LogP) is 1.96. The van der Waals surface area contributed by atoms with Gasteiger partial charge in [0.05, 0.1) is 12.4 Å². The molecule has 132 valence electrons. The Kier molecular flexibility index (Phi) is 5.15. The molecule has 1 aliphatic heterocycles. The third kappa shape index (κ3) is 4.43. The molecule has 7 heteroatoms. The second-order valence-corrected chi connectivity index (χ2v) is 7.74. The van der Waals surface area contributed by atoms with Crippen molar-refractivity contribution >= 4 is 15.9 Å². The SMILES string of the molecule is O=C(NS(=O)(=O)CCc1ccccc1F)C1Cc2ccccc2CO1. The molecule has 25 heavy (non-hydrogen) atoms. The number of sulfonamides is 1. The maximum atomic E-state index is 13.6. The molecule has 3 rings (SSSR count). The van der Waals surface area contributed by atoms with Gasteiger partial charge < -0.3 is 4.74 Å². The second kappa shape index (κ2) is 7.33. The molecule has 2 aromatic rings. The lowest BCUT2D eigenvalue weighted by Gasteiger charge is -2.24. The summed E-state index contributed by atoms with van der Waals surface area (Å²) in [6.45, 7) is 0.267. The number of aryl methyl sites for hydroxylation is 1. The van der Waals surface area contributed by atoms with Crippen LogP contribution in [0.15, 0.2) is 48.5 Å². The van der Waals surface area contributed by atoms with Crippen molar-refractivity contribution < 1.29 is 22.3 Å². The molecule has 0 aromatic heterocycles. The first kappa shape index (κ1) is 17.6. The summed E-state index contributed by atoms with van der Waals surface area (Å²) in [6, 6.07) is 13.5. The Bertz CT molecular complexity index is 882. The monoisotopic (exact) mass is 363 g/mol. The van der Waals surface area contributed by atoms with Crippen molar-refractivity contribution in [3.05, 3.63) is 71.0 Å². The summed E-state index contributed by atoms with van der Waals surface area (Å²) in [5.74, 6) is -1.53. The molecule has 1 atom stereocenters. The van der Waals surface area contributed by atoms with Crippen LogP contribution >= 0.6 is 0 Å². The van der Waals surface area contributed by atoms with Crippen LogP contribution in [0.25, 0.3) is 0 Å². The molecule has 1 N–H and O–H groups in total. The number of hydrogen-bond donors (Lipinski definition) is 1. The Labute approximate surface area is 145 Å². The highest BCUT2D eigenvalue weighted by molar-refractivity contribution is 7.90. The van der Waals surface area contributed by atoms with E-state index < -0.39 is 27.9 Å². The van der Waals surface area contributed by atoms with Gasteiger partial charge in [-0.3, -0.25) is 9.52 Å². The van der Waals surface area contributed by atoms with E-state index in [2.05, 4.69) is 0 Å². The van der Waals surface area contributed by atoms with Gasteiger partial charge in [-0.25, -0.2) is 12.8 Å². The lowest BCUT2D eigenvalue weighted by atomic mass is 9.99. The standard InChI is InChI=1S/C18H18FNO4S/c19-16-8-4-3-5-13(16)9-10-25(22,23)20-18(21)17-11-14-6-1-2-7-15(14)12-24-17/h1-8,17H,9-12H2,(H,20,21). The van der Waals surface area contributed by atoms with Gasteiger partial charge in [0.2, 0.25) is 10.0 Å². The summed E-state index contributed by atoms with van der Waals surface area (Å²) in [6.07, 6.45) is -0.535. The lowest BCUT2D eigenvalue weighted by Crippen LogP contribution is -2.43. The number of fused-ring (bicyclic) bond motifs is 1. The predicted molar refractivity (Wildman–Crippen MR) is 90.8 cm³/mol. The van der Waals surface area contributed by atoms with E-state index in [4.69, 9.17) is 4.74 Å². The van der Waals surface area contributed by atoms with E-state index in [1.807, 2.05) is 29.0 Å². The molecule has 0 bridgehead atoms. The van der Waals surface area contributed by atoms with Gasteiger partial charge in [-0.05, 0) is 29.2 Å². The Hall–Kier alpha value is -2.25. The van der Waals surface area contributed by atoms with E-state index in [9.17, 15) is 17.6 Å². The van der Waals surface area contributed by atoms with Crippen molar-refractivity contribution in [3.8, 4) is 0 Å². The molecule has 0 radical (unpaired) electrons. The van der Waals surface area contributed by atoms with Crippen LogP contribution in [0.1, 0.15) is 16.7 Å². The summed E-state index contributed by atoms with van der Waals surface area (Å²) in [7, 11) is -3.87. The highest BCUT2D eigenvalue weighted by atomic mass is 32.2. The third-order valence-electron chi connectivity index (χ3n) is 4.11. The lowest BCUT2D eigenvalue weighted by molar-refractivity contribution is -0.132. The number of halogens is 1. The van der Waals surface area contributed by atoms with E-state index in [-0.39, 0.29) is 18.8 Å². The normalized spacial score (nSPS) is 16.9. The summed E-state index contributed by atoms with van der Waals surface area (Å²) in [5, 5.41) is 0. The van der Waals surface area contributed by atoms with Gasteiger partial charge in [-0.1, -0.05) is 42.5 Å². The van der Waals surface area contributed by atoms with Crippen molar-refractivity contribution in [2.45, 2.75) is 25.6 Å². The third-order valence-corrected chi connectivity index (χ3v) is 5.36. The highest BCUT2D eigenvalue weighted by Gasteiger charge is 2.28. The van der Waals surface area contributed by atoms with E-state index >= 15 is 0 Å². The highest BCUT2D eigenvalue weighted by Crippen LogP contribution is 2.20. The van der Waals surface area contributed by atoms with Gasteiger partial charge in [-0.2, -0.15) is 0 Å². The molecule has 0 saturated carbocycles. The first-order valence-corrected chi connectivity index (χ1v) is 9.56. The molecule has 0 fully saturated rings. The topological polar surface area (TPSA) is 72.5 Å². The minimum Gasteiger partial charge on any atom is -0.363 e. The molecular weight excluding hydrogens is 345 g/mol. The minimum atomic E-state index is -3.87. The van der Waals surface area contributed by atoms with Crippen LogP contribution in [0.4, 0.5) is 4.39 Å². The fraction of sp³-hybridized carbons (Fsp3) is 0.278. The van der Waals surface area contributed by atoms with Gasteiger partial charge in [0.15, 0.2) is 0 Å². The molecule has 1 amide bonds. The molecular formula is C18H18FNO4S. The summed E-state index contributed by atoms with van der Waals surface area (Å²) >= 11 is 0. The van der Waals surface area contributed by atoms with Gasteiger partial charge in [0.1, 0.15) is 11.9 Å². The molecule has 0 aliphatic carbocycles. The van der Waals surface area contributed by atoms with E-state index in [0.29, 0.717) is 12.0 Å². The zero-order chi connectivity index (χ0) is 17.9. The number of ether oxygens (including phenoxy) is 1. The molecule has 1 heterocycles. The van der Waals surface area contributed by atoms with Gasteiger partial charge in [0, 0.05) is 6.42 Å². The van der Waals surface area contributed by atoms with Crippen molar-refractivity contribution in [1.82, 2.24) is 4.72 Å². The number of benzene rings is 2. The number of rotatable bonds is 5. The van der Waals surface area contributed by atoms with Crippen molar-refractivity contribution in [1.29, 1.82) is 0 Å². The average Bonchev–Trinajstić information content (AvgIpc) is 2.60. The van der Waals surface area contributed by atoms with Crippen LogP contribution in [0.2, 0.25) is 0 Å². The summed E-state index contributed by atoms with van der Waals surface area (Å²) in [5.41, 5.74) is 2.26. The van der Waals surface area contributed by atoms with Gasteiger partial charge in [-0.15, -0.1) is 0 Å². The molecule has 2 aromatic carbocycles. The maximum Gasteiger partial charge on any atom is 0.262 e. The smallest absolute Gasteiger partial charge is 0.262 e. The van der Waals surface area contributed by atoms with Crippen LogP contribution in [-0.4, -0.2) is 26.2 Å². The largest absolute Gasteiger partial charge is 0.363 e. The first-order valence-electron chi connectivity index (χ1n) is 7.91. The number of carbonyl (C=O) groups excluding carboxylic acids is 1. The van der Waals surface area contributed by atoms with Crippen LogP contribution in [-0.2, 0) is 39.0 Å². The van der Waals surface area contributed by atoms with Gasteiger partial charge >= 0.3 is 0 Å². The van der Waals surface area contributed by atoms with Gasteiger partial charge in [0.25, 0.3) is 5.91 Å². The maximum absolute atomic E-state index is 13.6. The van der Waals surface area contributed by atoms with Crippen LogP contribution < -0.4 is 4.72 Å². The molecule has 0 saturated heterocycles. The molecule has 1 unspecified atom stereocenters. The number of hydrogen-bond acceptors (Lipinski definition) is 4. The Morgan fingerprint density at radius 2 is 1.80 bits per heavy atom. The van der Waals surface area contributed by atoms with E-state index in [0.717, 1.165) is 11.1 Å². The molecule has 1 aliphatic rings. The first-order chi connectivity index (χ1) is 11.9. The molecule has 5 nitrogen and oxygen atoms in total. The fourth-order valence-electron chi connectivity index (χ4n) is 2.73. The summed E-state index contributed by atoms with van der Waals surface area (Å²) in [4.78, 5) is 12.2. The zero-order valence-corrected chi connectivity index (χ0v) is 14.3. The Morgan fingerprint density at radius 3 is 2.56 bits per heavy atom.